The number of fused-ring (bicyclic) bond motifs is 1. The summed E-state index contributed by atoms with van der Waals surface area (Å²) in [5.74, 6) is 1.15. The predicted octanol–water partition coefficient (Wildman–Crippen LogP) is 2.83. The average molecular weight is 202 g/mol. The third-order valence-electron chi connectivity index (χ3n) is 2.98. The van der Waals surface area contributed by atoms with Gasteiger partial charge in [-0.1, -0.05) is 24.3 Å². The molecule has 1 aliphatic heterocycles. The highest BCUT2D eigenvalue weighted by atomic mass is 15.2. The van der Waals surface area contributed by atoms with Crippen LogP contribution in [-0.2, 0) is 13.1 Å². The Balaban J connectivity index is 2.35. The van der Waals surface area contributed by atoms with Gasteiger partial charge in [0.25, 0.3) is 0 Å². The lowest BCUT2D eigenvalue weighted by Gasteiger charge is -2.27. The highest BCUT2D eigenvalue weighted by molar-refractivity contribution is 5.80. The van der Waals surface area contributed by atoms with Crippen LogP contribution in [0.2, 0.25) is 0 Å². The lowest BCUT2D eigenvalue weighted by Crippen LogP contribution is -2.34. The molecule has 0 N–H and O–H groups in total. The molecule has 0 spiro atoms. The van der Waals surface area contributed by atoms with Crippen LogP contribution in [-0.4, -0.2) is 16.8 Å². The second-order valence-corrected chi connectivity index (χ2v) is 4.35. The van der Waals surface area contributed by atoms with Crippen molar-refractivity contribution in [3.8, 4) is 0 Å². The van der Waals surface area contributed by atoms with E-state index in [2.05, 4.69) is 54.9 Å². The molecule has 0 amide bonds. The van der Waals surface area contributed by atoms with Gasteiger partial charge >= 0.3 is 0 Å². The molecular formula is C13H18N2. The van der Waals surface area contributed by atoms with Gasteiger partial charge < -0.3 is 4.90 Å². The van der Waals surface area contributed by atoms with Gasteiger partial charge in [0.05, 0.1) is 12.4 Å². The van der Waals surface area contributed by atoms with Crippen LogP contribution in [0.25, 0.3) is 0 Å². The largest absolute Gasteiger partial charge is 0.354 e. The number of amidine groups is 1. The molecule has 0 aliphatic carbocycles. The van der Waals surface area contributed by atoms with Gasteiger partial charge in [-0.15, -0.1) is 0 Å². The van der Waals surface area contributed by atoms with Gasteiger partial charge in [0.2, 0.25) is 0 Å². The van der Waals surface area contributed by atoms with E-state index in [0.29, 0.717) is 6.04 Å². The molecule has 80 valence electrons. The van der Waals surface area contributed by atoms with Gasteiger partial charge in [-0.3, -0.25) is 4.99 Å². The minimum absolute atomic E-state index is 0.514. The van der Waals surface area contributed by atoms with E-state index >= 15 is 0 Å². The third-order valence-corrected chi connectivity index (χ3v) is 2.98. The number of hydrogen-bond acceptors (Lipinski definition) is 2. The van der Waals surface area contributed by atoms with E-state index in [1.165, 1.54) is 11.1 Å². The minimum Gasteiger partial charge on any atom is -0.354 e. The fourth-order valence-corrected chi connectivity index (χ4v) is 2.01. The summed E-state index contributed by atoms with van der Waals surface area (Å²) in [5, 5.41) is 0. The zero-order valence-corrected chi connectivity index (χ0v) is 9.70. The summed E-state index contributed by atoms with van der Waals surface area (Å²) < 4.78 is 0. The van der Waals surface area contributed by atoms with E-state index < -0.39 is 0 Å². The maximum absolute atomic E-state index is 4.61. The number of rotatable bonds is 1. The van der Waals surface area contributed by atoms with Gasteiger partial charge in [0.15, 0.2) is 0 Å². The number of benzene rings is 1. The molecule has 1 heterocycles. The molecule has 2 rings (SSSR count). The summed E-state index contributed by atoms with van der Waals surface area (Å²) in [6.45, 7) is 8.35. The average Bonchev–Trinajstić information content (AvgIpc) is 2.39. The molecule has 15 heavy (non-hydrogen) atoms. The van der Waals surface area contributed by atoms with Crippen molar-refractivity contribution in [3.63, 3.8) is 0 Å². The molecule has 1 aromatic carbocycles. The van der Waals surface area contributed by atoms with E-state index in [9.17, 15) is 0 Å². The zero-order valence-electron chi connectivity index (χ0n) is 9.70. The van der Waals surface area contributed by atoms with Gasteiger partial charge in [-0.25, -0.2) is 0 Å². The first-order valence-corrected chi connectivity index (χ1v) is 5.53. The summed E-state index contributed by atoms with van der Waals surface area (Å²) in [4.78, 5) is 6.96. The van der Waals surface area contributed by atoms with Crippen LogP contribution in [0.4, 0.5) is 0 Å². The first-order valence-electron chi connectivity index (χ1n) is 5.53. The molecule has 0 unspecified atom stereocenters. The number of nitrogens with zero attached hydrogens (tertiary/aromatic N) is 2. The second kappa shape index (κ2) is 4.05. The van der Waals surface area contributed by atoms with Crippen LogP contribution in [0.3, 0.4) is 0 Å². The summed E-state index contributed by atoms with van der Waals surface area (Å²) in [7, 11) is 0. The molecule has 2 nitrogen and oxygen atoms in total. The van der Waals surface area contributed by atoms with E-state index in [1.807, 2.05) is 0 Å². The van der Waals surface area contributed by atoms with Crippen molar-refractivity contribution in [2.45, 2.75) is 39.9 Å². The Kier molecular flexibility index (Phi) is 2.76. The molecule has 0 fully saturated rings. The van der Waals surface area contributed by atoms with Gasteiger partial charge in [-0.05, 0) is 31.9 Å². The van der Waals surface area contributed by atoms with Crippen LogP contribution in [0.1, 0.15) is 31.9 Å². The van der Waals surface area contributed by atoms with Crippen LogP contribution >= 0.6 is 0 Å². The maximum Gasteiger partial charge on any atom is 0.0966 e. The molecule has 0 atom stereocenters. The molecule has 0 bridgehead atoms. The Labute approximate surface area is 91.6 Å². The van der Waals surface area contributed by atoms with Crippen LogP contribution < -0.4 is 0 Å². The number of aliphatic imine (C=N–C) groups is 1. The monoisotopic (exact) mass is 202 g/mol. The van der Waals surface area contributed by atoms with E-state index in [4.69, 9.17) is 0 Å². The highest BCUT2D eigenvalue weighted by Gasteiger charge is 2.16. The first-order chi connectivity index (χ1) is 7.18. The summed E-state index contributed by atoms with van der Waals surface area (Å²) in [6, 6.07) is 9.10. The smallest absolute Gasteiger partial charge is 0.0966 e. The van der Waals surface area contributed by atoms with Gasteiger partial charge in [-0.2, -0.15) is 0 Å². The van der Waals surface area contributed by atoms with Crippen molar-refractivity contribution < 1.29 is 0 Å². The topological polar surface area (TPSA) is 15.6 Å². The van der Waals surface area contributed by atoms with Crippen molar-refractivity contribution in [2.75, 3.05) is 0 Å². The standard InChI is InChI=1S/C13H18N2/c1-10(2)15-9-13-7-5-4-6-12(13)8-14-11(15)3/h4-7,10H,8-9H2,1-3H3. The fourth-order valence-electron chi connectivity index (χ4n) is 2.01. The molecular weight excluding hydrogens is 184 g/mol. The lowest BCUT2D eigenvalue weighted by atomic mass is 10.1. The highest BCUT2D eigenvalue weighted by Crippen LogP contribution is 2.18. The van der Waals surface area contributed by atoms with Crippen LogP contribution in [0.5, 0.6) is 0 Å². The summed E-state index contributed by atoms with van der Waals surface area (Å²) in [5.41, 5.74) is 2.77. The van der Waals surface area contributed by atoms with E-state index in [1.54, 1.807) is 0 Å². The summed E-state index contributed by atoms with van der Waals surface area (Å²) in [6.07, 6.45) is 0. The van der Waals surface area contributed by atoms with E-state index in [-0.39, 0.29) is 0 Å². The van der Waals surface area contributed by atoms with Crippen molar-refractivity contribution in [3.05, 3.63) is 35.4 Å². The zero-order chi connectivity index (χ0) is 10.8. The van der Waals surface area contributed by atoms with Crippen molar-refractivity contribution in [1.82, 2.24) is 4.90 Å². The molecule has 0 saturated carbocycles. The van der Waals surface area contributed by atoms with E-state index in [0.717, 1.165) is 18.9 Å². The molecule has 0 saturated heterocycles. The molecule has 1 aromatic rings. The fraction of sp³-hybridized carbons (Fsp3) is 0.462. The maximum atomic E-state index is 4.61. The summed E-state index contributed by atoms with van der Waals surface area (Å²) >= 11 is 0. The quantitative estimate of drug-likeness (QED) is 0.683. The van der Waals surface area contributed by atoms with Crippen LogP contribution in [0.15, 0.2) is 29.3 Å². The normalized spacial score (nSPS) is 16.0. The second-order valence-electron chi connectivity index (χ2n) is 4.35. The van der Waals surface area contributed by atoms with Crippen LogP contribution in [0, 0.1) is 0 Å². The predicted molar refractivity (Wildman–Crippen MR) is 63.9 cm³/mol. The molecule has 0 aromatic heterocycles. The molecule has 2 heteroatoms. The van der Waals surface area contributed by atoms with Gasteiger partial charge in [0, 0.05) is 12.6 Å². The Hall–Kier alpha value is -1.31. The number of hydrogen-bond donors (Lipinski definition) is 0. The van der Waals surface area contributed by atoms with Crippen molar-refractivity contribution >= 4 is 5.84 Å². The first kappa shape index (κ1) is 10.2. The minimum atomic E-state index is 0.514. The molecule has 1 aliphatic rings. The SMILES string of the molecule is CC1=NCc2ccccc2CN1C(C)C. The van der Waals surface area contributed by atoms with Crippen molar-refractivity contribution in [1.29, 1.82) is 0 Å². The van der Waals surface area contributed by atoms with Crippen molar-refractivity contribution in [2.24, 2.45) is 4.99 Å². The lowest BCUT2D eigenvalue weighted by molar-refractivity contribution is 0.342. The Morgan fingerprint density at radius 3 is 2.53 bits per heavy atom. The van der Waals surface area contributed by atoms with Gasteiger partial charge in [0.1, 0.15) is 0 Å². The Bertz CT molecular complexity index is 380. The third kappa shape index (κ3) is 2.04. The Morgan fingerprint density at radius 1 is 1.20 bits per heavy atom. The molecule has 0 radical (unpaired) electrons. The Morgan fingerprint density at radius 2 is 1.87 bits per heavy atom.